The fourth-order valence-corrected chi connectivity index (χ4v) is 2.25. The highest BCUT2D eigenvalue weighted by Crippen LogP contribution is 2.14. The summed E-state index contributed by atoms with van der Waals surface area (Å²) in [4.78, 5) is 11.8. The Balaban J connectivity index is 1.72. The maximum absolute atomic E-state index is 11.8. The van der Waals surface area contributed by atoms with E-state index in [1.807, 2.05) is 55.5 Å². The molecule has 0 atom stereocenters. The molecule has 0 aromatic heterocycles. The normalized spacial score (nSPS) is 10.4. The molecule has 0 unspecified atom stereocenters. The molecule has 0 saturated carbocycles. The lowest BCUT2D eigenvalue weighted by molar-refractivity contribution is -0.120. The number of nitrogens with one attached hydrogen (secondary N) is 2. The Morgan fingerprint density at radius 2 is 1.86 bits per heavy atom. The van der Waals surface area contributed by atoms with Gasteiger partial charge in [0.2, 0.25) is 5.91 Å². The van der Waals surface area contributed by atoms with Crippen LogP contribution in [0.4, 0.5) is 0 Å². The molecule has 4 heteroatoms. The molecule has 0 saturated heterocycles. The van der Waals surface area contributed by atoms with Gasteiger partial charge in [-0.25, -0.2) is 0 Å². The maximum Gasteiger partial charge on any atom is 0.234 e. The first kappa shape index (κ1) is 15.5. The molecule has 1 amide bonds. The number of halogens is 1. The maximum atomic E-state index is 11.8. The van der Waals surface area contributed by atoms with E-state index in [-0.39, 0.29) is 5.91 Å². The lowest BCUT2D eigenvalue weighted by atomic mass is 10.1. The molecule has 2 rings (SSSR count). The van der Waals surface area contributed by atoms with Gasteiger partial charge in [-0.15, -0.1) is 0 Å². The summed E-state index contributed by atoms with van der Waals surface area (Å²) in [5, 5.41) is 6.76. The minimum atomic E-state index is -0.00882. The average Bonchev–Trinajstić information content (AvgIpc) is 2.48. The highest BCUT2D eigenvalue weighted by Gasteiger charge is 2.03. The van der Waals surface area contributed by atoms with Gasteiger partial charge in [-0.2, -0.15) is 0 Å². The molecular weight excluding hydrogens is 284 g/mol. The van der Waals surface area contributed by atoms with E-state index < -0.39 is 0 Å². The fourth-order valence-electron chi connectivity index (χ4n) is 2.03. The van der Waals surface area contributed by atoms with Gasteiger partial charge < -0.3 is 10.6 Å². The van der Waals surface area contributed by atoms with Gasteiger partial charge in [0.15, 0.2) is 0 Å². The zero-order valence-electron chi connectivity index (χ0n) is 12.0. The SMILES string of the molecule is Cc1cc(Cl)ccc1CNCC(=O)NCc1ccccc1. The molecule has 0 bridgehead atoms. The van der Waals surface area contributed by atoms with E-state index in [2.05, 4.69) is 10.6 Å². The van der Waals surface area contributed by atoms with Crippen molar-refractivity contribution in [2.24, 2.45) is 0 Å². The van der Waals surface area contributed by atoms with Crippen molar-refractivity contribution >= 4 is 17.5 Å². The Morgan fingerprint density at radius 3 is 2.57 bits per heavy atom. The molecule has 110 valence electrons. The van der Waals surface area contributed by atoms with E-state index in [1.54, 1.807) is 0 Å². The summed E-state index contributed by atoms with van der Waals surface area (Å²) < 4.78 is 0. The van der Waals surface area contributed by atoms with Crippen LogP contribution in [0.3, 0.4) is 0 Å². The van der Waals surface area contributed by atoms with Crippen LogP contribution in [0, 0.1) is 6.92 Å². The topological polar surface area (TPSA) is 41.1 Å². The number of amides is 1. The molecule has 3 nitrogen and oxygen atoms in total. The number of rotatable bonds is 6. The van der Waals surface area contributed by atoms with Crippen LogP contribution < -0.4 is 10.6 Å². The number of hydrogen-bond donors (Lipinski definition) is 2. The van der Waals surface area contributed by atoms with Crippen LogP contribution in [-0.4, -0.2) is 12.5 Å². The summed E-state index contributed by atoms with van der Waals surface area (Å²) >= 11 is 5.92. The van der Waals surface area contributed by atoms with Crippen molar-refractivity contribution < 1.29 is 4.79 Å². The molecular formula is C17H19ClN2O. The van der Waals surface area contributed by atoms with E-state index in [0.29, 0.717) is 19.6 Å². The lowest BCUT2D eigenvalue weighted by Gasteiger charge is -2.09. The summed E-state index contributed by atoms with van der Waals surface area (Å²) in [5.74, 6) is -0.00882. The summed E-state index contributed by atoms with van der Waals surface area (Å²) in [5.41, 5.74) is 3.37. The van der Waals surface area contributed by atoms with Crippen LogP contribution >= 0.6 is 11.6 Å². The molecule has 0 fully saturated rings. The number of benzene rings is 2. The van der Waals surface area contributed by atoms with Crippen molar-refractivity contribution in [3.05, 3.63) is 70.2 Å². The van der Waals surface area contributed by atoms with Crippen LogP contribution in [-0.2, 0) is 17.9 Å². The van der Waals surface area contributed by atoms with Gasteiger partial charge in [0, 0.05) is 18.1 Å². The lowest BCUT2D eigenvalue weighted by Crippen LogP contribution is -2.33. The molecule has 0 spiro atoms. The van der Waals surface area contributed by atoms with Crippen LogP contribution in [0.1, 0.15) is 16.7 Å². The largest absolute Gasteiger partial charge is 0.351 e. The minimum absolute atomic E-state index is 0.00882. The standard InChI is InChI=1S/C17H19ClN2O/c1-13-9-16(18)8-7-15(13)11-19-12-17(21)20-10-14-5-3-2-4-6-14/h2-9,19H,10-12H2,1H3,(H,20,21). The third-order valence-electron chi connectivity index (χ3n) is 3.24. The Hall–Kier alpha value is -1.84. The predicted molar refractivity (Wildman–Crippen MR) is 86.2 cm³/mol. The van der Waals surface area contributed by atoms with Crippen LogP contribution in [0.5, 0.6) is 0 Å². The van der Waals surface area contributed by atoms with Crippen LogP contribution in [0.25, 0.3) is 0 Å². The van der Waals surface area contributed by atoms with Crippen molar-refractivity contribution in [2.75, 3.05) is 6.54 Å². The Labute approximate surface area is 130 Å². The molecule has 0 aliphatic carbocycles. The van der Waals surface area contributed by atoms with E-state index >= 15 is 0 Å². The van der Waals surface area contributed by atoms with Crippen molar-refractivity contribution in [1.29, 1.82) is 0 Å². The number of hydrogen-bond acceptors (Lipinski definition) is 2. The van der Waals surface area contributed by atoms with Crippen molar-refractivity contribution in [3.8, 4) is 0 Å². The molecule has 0 heterocycles. The Morgan fingerprint density at radius 1 is 1.10 bits per heavy atom. The predicted octanol–water partition coefficient (Wildman–Crippen LogP) is 3.05. The summed E-state index contributed by atoms with van der Waals surface area (Å²) in [6, 6.07) is 15.6. The summed E-state index contributed by atoms with van der Waals surface area (Å²) in [7, 11) is 0. The van der Waals surface area contributed by atoms with Gasteiger partial charge in [0.25, 0.3) is 0 Å². The van der Waals surface area contributed by atoms with Crippen molar-refractivity contribution in [2.45, 2.75) is 20.0 Å². The highest BCUT2D eigenvalue weighted by molar-refractivity contribution is 6.30. The number of carbonyl (C=O) groups excluding carboxylic acids is 1. The van der Waals surface area contributed by atoms with E-state index in [0.717, 1.165) is 21.7 Å². The first-order valence-electron chi connectivity index (χ1n) is 6.91. The fraction of sp³-hybridized carbons (Fsp3) is 0.235. The number of aryl methyl sites for hydroxylation is 1. The molecule has 0 aliphatic rings. The summed E-state index contributed by atoms with van der Waals surface area (Å²) in [6.07, 6.45) is 0. The zero-order valence-corrected chi connectivity index (χ0v) is 12.8. The van der Waals surface area contributed by atoms with Gasteiger partial charge in [0.05, 0.1) is 6.54 Å². The molecule has 2 N–H and O–H groups in total. The molecule has 0 aliphatic heterocycles. The van der Waals surface area contributed by atoms with Gasteiger partial charge in [0.1, 0.15) is 0 Å². The Bertz CT molecular complexity index is 599. The first-order chi connectivity index (χ1) is 10.1. The van der Waals surface area contributed by atoms with Crippen molar-refractivity contribution in [1.82, 2.24) is 10.6 Å². The van der Waals surface area contributed by atoms with Gasteiger partial charge in [-0.3, -0.25) is 4.79 Å². The van der Waals surface area contributed by atoms with Gasteiger partial charge in [-0.1, -0.05) is 48.0 Å². The zero-order chi connectivity index (χ0) is 15.1. The second kappa shape index (κ2) is 7.81. The van der Waals surface area contributed by atoms with E-state index in [9.17, 15) is 4.79 Å². The first-order valence-corrected chi connectivity index (χ1v) is 7.29. The molecule has 2 aromatic carbocycles. The quantitative estimate of drug-likeness (QED) is 0.861. The Kier molecular flexibility index (Phi) is 5.78. The smallest absolute Gasteiger partial charge is 0.234 e. The molecule has 21 heavy (non-hydrogen) atoms. The monoisotopic (exact) mass is 302 g/mol. The van der Waals surface area contributed by atoms with E-state index in [4.69, 9.17) is 11.6 Å². The van der Waals surface area contributed by atoms with Crippen molar-refractivity contribution in [3.63, 3.8) is 0 Å². The highest BCUT2D eigenvalue weighted by atomic mass is 35.5. The van der Waals surface area contributed by atoms with Gasteiger partial charge >= 0.3 is 0 Å². The molecule has 0 radical (unpaired) electrons. The minimum Gasteiger partial charge on any atom is -0.351 e. The number of carbonyl (C=O) groups is 1. The second-order valence-electron chi connectivity index (χ2n) is 4.94. The average molecular weight is 303 g/mol. The van der Waals surface area contributed by atoms with Crippen LogP contribution in [0.2, 0.25) is 5.02 Å². The third kappa shape index (κ3) is 5.21. The van der Waals surface area contributed by atoms with E-state index in [1.165, 1.54) is 0 Å². The van der Waals surface area contributed by atoms with Crippen LogP contribution in [0.15, 0.2) is 48.5 Å². The summed E-state index contributed by atoms with van der Waals surface area (Å²) in [6.45, 7) is 3.52. The second-order valence-corrected chi connectivity index (χ2v) is 5.37. The molecule has 2 aromatic rings. The third-order valence-corrected chi connectivity index (χ3v) is 3.47. The van der Waals surface area contributed by atoms with Gasteiger partial charge in [-0.05, 0) is 35.7 Å².